The summed E-state index contributed by atoms with van der Waals surface area (Å²) in [7, 11) is 1.51. The van der Waals surface area contributed by atoms with Crippen LogP contribution in [0.4, 0.5) is 0 Å². The Kier molecular flexibility index (Phi) is 8.72. The lowest BCUT2D eigenvalue weighted by molar-refractivity contribution is -0.159. The number of rotatable bonds is 13. The van der Waals surface area contributed by atoms with Crippen molar-refractivity contribution in [1.29, 1.82) is 0 Å². The van der Waals surface area contributed by atoms with E-state index in [9.17, 15) is 19.8 Å². The second kappa shape index (κ2) is 11.7. The van der Waals surface area contributed by atoms with Gasteiger partial charge < -0.3 is 34.3 Å². The molecule has 2 unspecified atom stereocenters. The summed E-state index contributed by atoms with van der Waals surface area (Å²) in [5.74, 6) is -0.300. The quantitative estimate of drug-likeness (QED) is 0.401. The van der Waals surface area contributed by atoms with Gasteiger partial charge in [0.15, 0.2) is 5.60 Å². The zero-order valence-electron chi connectivity index (χ0n) is 19.1. The summed E-state index contributed by atoms with van der Waals surface area (Å²) in [5, 5.41) is 28.8. The highest BCUT2D eigenvalue weighted by molar-refractivity contribution is 5.78. The maximum atomic E-state index is 11.7. The molecule has 1 aliphatic rings. The lowest BCUT2D eigenvalue weighted by Crippen LogP contribution is -2.40. The fourth-order valence-corrected chi connectivity index (χ4v) is 3.87. The number of carbonyl (C=O) groups is 2. The lowest BCUT2D eigenvalue weighted by atomic mass is 9.91. The van der Waals surface area contributed by atoms with Crippen molar-refractivity contribution in [3.05, 3.63) is 53.6 Å². The second-order valence-electron chi connectivity index (χ2n) is 8.22. The van der Waals surface area contributed by atoms with Gasteiger partial charge in [0.2, 0.25) is 0 Å². The van der Waals surface area contributed by atoms with Crippen LogP contribution in [0.3, 0.4) is 0 Å². The number of hydrogen-bond acceptors (Lipinski definition) is 7. The third-order valence-electron chi connectivity index (χ3n) is 5.63. The van der Waals surface area contributed by atoms with Crippen molar-refractivity contribution >= 4 is 11.9 Å². The number of methoxy groups -OCH3 is 1. The molecular formula is C25H30O9. The van der Waals surface area contributed by atoms with Crippen molar-refractivity contribution in [2.24, 2.45) is 0 Å². The molecule has 2 aromatic rings. The molecule has 0 spiro atoms. The molecule has 0 aromatic heterocycles. The molecule has 0 saturated carbocycles. The Balaban J connectivity index is 1.52. The number of aryl methyl sites for hydroxylation is 1. The first-order valence-electron chi connectivity index (χ1n) is 11.1. The van der Waals surface area contributed by atoms with Gasteiger partial charge in [-0.3, -0.25) is 4.79 Å². The maximum absolute atomic E-state index is 11.7. The Bertz CT molecular complexity index is 982. The largest absolute Gasteiger partial charge is 0.496 e. The van der Waals surface area contributed by atoms with E-state index >= 15 is 0 Å². The molecule has 1 saturated heterocycles. The number of ether oxygens (including phenoxy) is 4. The van der Waals surface area contributed by atoms with E-state index < -0.39 is 23.6 Å². The van der Waals surface area contributed by atoms with Gasteiger partial charge in [0, 0.05) is 19.4 Å². The van der Waals surface area contributed by atoms with Gasteiger partial charge in [0.25, 0.3) is 0 Å². The summed E-state index contributed by atoms with van der Waals surface area (Å²) in [5.41, 5.74) is 0.281. The Morgan fingerprint density at radius 3 is 2.44 bits per heavy atom. The standard InChI is InChI=1S/C25H30O9/c1-31-22-8-7-21(13-18(22)6-9-23(27)28)33-16-19(26)15-32-20-5-2-4-17(12-20)14-25(24(29)30)10-3-11-34-25/h2,4-5,7-8,12-13,19,26H,3,6,9-11,14-16H2,1H3,(H,27,28)(H,29,30). The first-order chi connectivity index (χ1) is 16.3. The highest BCUT2D eigenvalue weighted by atomic mass is 16.5. The molecule has 1 fully saturated rings. The van der Waals surface area contributed by atoms with Crippen molar-refractivity contribution in [3.63, 3.8) is 0 Å². The minimum absolute atomic E-state index is 0.0218. The van der Waals surface area contributed by atoms with Gasteiger partial charge in [-0.25, -0.2) is 4.79 Å². The van der Waals surface area contributed by atoms with E-state index in [1.54, 1.807) is 36.4 Å². The van der Waals surface area contributed by atoms with E-state index in [0.717, 1.165) is 5.56 Å². The first-order valence-corrected chi connectivity index (χ1v) is 11.1. The Hall–Kier alpha value is -3.30. The summed E-state index contributed by atoms with van der Waals surface area (Å²) < 4.78 is 22.1. The number of aliphatic carboxylic acids is 2. The number of hydrogen-bond donors (Lipinski definition) is 3. The minimum atomic E-state index is -1.20. The summed E-state index contributed by atoms with van der Waals surface area (Å²) in [6.45, 7) is 0.385. The molecule has 0 bridgehead atoms. The van der Waals surface area contributed by atoms with Gasteiger partial charge >= 0.3 is 11.9 Å². The van der Waals surface area contributed by atoms with Crippen LogP contribution in [0.25, 0.3) is 0 Å². The molecule has 9 heteroatoms. The fourth-order valence-electron chi connectivity index (χ4n) is 3.87. The predicted octanol–water partition coefficient (Wildman–Crippen LogP) is 2.71. The Labute approximate surface area is 197 Å². The highest BCUT2D eigenvalue weighted by Crippen LogP contribution is 2.31. The zero-order chi connectivity index (χ0) is 24.6. The molecule has 2 atom stereocenters. The minimum Gasteiger partial charge on any atom is -0.496 e. The number of carboxylic acid groups (broad SMARTS) is 2. The normalized spacial score (nSPS) is 18.3. The van der Waals surface area contributed by atoms with Crippen LogP contribution < -0.4 is 14.2 Å². The first kappa shape index (κ1) is 25.3. The third kappa shape index (κ3) is 6.85. The summed E-state index contributed by atoms with van der Waals surface area (Å²) in [4.78, 5) is 22.6. The van der Waals surface area contributed by atoms with E-state index in [0.29, 0.717) is 48.7 Å². The topological polar surface area (TPSA) is 132 Å². The smallest absolute Gasteiger partial charge is 0.336 e. The molecule has 9 nitrogen and oxygen atoms in total. The van der Waals surface area contributed by atoms with Crippen molar-refractivity contribution in [1.82, 2.24) is 0 Å². The van der Waals surface area contributed by atoms with E-state index in [-0.39, 0.29) is 26.1 Å². The molecule has 3 N–H and O–H groups in total. The molecule has 0 amide bonds. The molecule has 3 rings (SSSR count). The van der Waals surface area contributed by atoms with Crippen LogP contribution in [0.15, 0.2) is 42.5 Å². The summed E-state index contributed by atoms with van der Waals surface area (Å²) >= 11 is 0. The molecular weight excluding hydrogens is 444 g/mol. The van der Waals surface area contributed by atoms with Crippen molar-refractivity contribution in [2.45, 2.75) is 43.8 Å². The van der Waals surface area contributed by atoms with E-state index in [1.807, 2.05) is 6.07 Å². The monoisotopic (exact) mass is 474 g/mol. The molecule has 0 aliphatic carbocycles. The van der Waals surface area contributed by atoms with E-state index in [4.69, 9.17) is 24.1 Å². The van der Waals surface area contributed by atoms with Crippen LogP contribution in [0.1, 0.15) is 30.4 Å². The molecule has 0 radical (unpaired) electrons. The average Bonchev–Trinajstić information content (AvgIpc) is 3.30. The van der Waals surface area contributed by atoms with Gasteiger partial charge in [-0.15, -0.1) is 0 Å². The molecule has 184 valence electrons. The predicted molar refractivity (Wildman–Crippen MR) is 122 cm³/mol. The van der Waals surface area contributed by atoms with Gasteiger partial charge in [0.05, 0.1) is 7.11 Å². The third-order valence-corrected chi connectivity index (χ3v) is 5.63. The summed E-state index contributed by atoms with van der Waals surface area (Å²) in [6, 6.07) is 12.2. The van der Waals surface area contributed by atoms with Crippen LogP contribution in [0.2, 0.25) is 0 Å². The number of aliphatic hydroxyl groups is 1. The van der Waals surface area contributed by atoms with Crippen LogP contribution >= 0.6 is 0 Å². The average molecular weight is 475 g/mol. The fraction of sp³-hybridized carbons (Fsp3) is 0.440. The SMILES string of the molecule is COc1ccc(OCC(O)COc2cccc(CC3(C(=O)O)CCCO3)c2)cc1CCC(=O)O. The molecule has 1 aliphatic heterocycles. The summed E-state index contributed by atoms with van der Waals surface area (Å²) in [6.07, 6.45) is 0.765. The Morgan fingerprint density at radius 1 is 1.09 bits per heavy atom. The molecule has 2 aromatic carbocycles. The van der Waals surface area contributed by atoms with Crippen molar-refractivity contribution in [2.75, 3.05) is 26.9 Å². The van der Waals surface area contributed by atoms with Gasteiger partial charge in [-0.1, -0.05) is 12.1 Å². The van der Waals surface area contributed by atoms with Crippen LogP contribution in [-0.4, -0.2) is 65.9 Å². The maximum Gasteiger partial charge on any atom is 0.336 e. The lowest BCUT2D eigenvalue weighted by Gasteiger charge is -2.23. The second-order valence-corrected chi connectivity index (χ2v) is 8.22. The van der Waals surface area contributed by atoms with Crippen molar-refractivity contribution < 1.29 is 43.9 Å². The van der Waals surface area contributed by atoms with Crippen LogP contribution in [-0.2, 0) is 27.2 Å². The van der Waals surface area contributed by atoms with Gasteiger partial charge in [0.1, 0.15) is 36.6 Å². The van der Waals surface area contributed by atoms with E-state index in [1.165, 1.54) is 7.11 Å². The molecule has 34 heavy (non-hydrogen) atoms. The van der Waals surface area contributed by atoms with Crippen LogP contribution in [0, 0.1) is 0 Å². The van der Waals surface area contributed by atoms with Crippen LogP contribution in [0.5, 0.6) is 17.2 Å². The zero-order valence-corrected chi connectivity index (χ0v) is 19.1. The van der Waals surface area contributed by atoms with E-state index in [2.05, 4.69) is 0 Å². The number of carboxylic acids is 2. The van der Waals surface area contributed by atoms with Gasteiger partial charge in [-0.2, -0.15) is 0 Å². The number of aliphatic hydroxyl groups excluding tert-OH is 1. The van der Waals surface area contributed by atoms with Crippen molar-refractivity contribution in [3.8, 4) is 17.2 Å². The Morgan fingerprint density at radius 2 is 1.82 bits per heavy atom. The molecule has 1 heterocycles. The number of benzene rings is 2. The highest BCUT2D eigenvalue weighted by Gasteiger charge is 2.42. The van der Waals surface area contributed by atoms with Gasteiger partial charge in [-0.05, 0) is 60.7 Å².